The van der Waals surface area contributed by atoms with Crippen LogP contribution in [0.1, 0.15) is 37.1 Å². The van der Waals surface area contributed by atoms with Crippen LogP contribution in [0.2, 0.25) is 0 Å². The fourth-order valence-electron chi connectivity index (χ4n) is 2.14. The monoisotopic (exact) mass is 251 g/mol. The average Bonchev–Trinajstić information content (AvgIpc) is 3.08. The van der Waals surface area contributed by atoms with Crippen molar-refractivity contribution in [3.63, 3.8) is 0 Å². The first-order valence-corrected chi connectivity index (χ1v) is 6.65. The maximum atomic E-state index is 11.9. The van der Waals surface area contributed by atoms with Gasteiger partial charge in [0.1, 0.15) is 5.38 Å². The number of hydrogen-bond donors (Lipinski definition) is 1. The second-order valence-electron chi connectivity index (χ2n) is 4.67. The van der Waals surface area contributed by atoms with Gasteiger partial charge in [-0.25, -0.2) is 0 Å². The molecule has 2 nitrogen and oxygen atoms in total. The third kappa shape index (κ3) is 3.22. The fourth-order valence-corrected chi connectivity index (χ4v) is 2.35. The van der Waals surface area contributed by atoms with Crippen LogP contribution in [0.4, 0.5) is 0 Å². The van der Waals surface area contributed by atoms with Crippen LogP contribution in [-0.4, -0.2) is 11.9 Å². The van der Waals surface area contributed by atoms with Crippen LogP contribution in [0.25, 0.3) is 0 Å². The number of nitrogens with one attached hydrogen (secondary N) is 1. The van der Waals surface area contributed by atoms with E-state index in [0.29, 0.717) is 12.0 Å². The SMILES string of the molecule is CCCC1CC1NC(=O)C(Cl)c1ccccc1. The molecule has 1 aliphatic rings. The van der Waals surface area contributed by atoms with E-state index in [2.05, 4.69) is 12.2 Å². The van der Waals surface area contributed by atoms with E-state index < -0.39 is 5.38 Å². The van der Waals surface area contributed by atoms with Crippen LogP contribution in [0.5, 0.6) is 0 Å². The zero-order valence-electron chi connectivity index (χ0n) is 10.0. The molecule has 0 spiro atoms. The van der Waals surface area contributed by atoms with Crippen molar-refractivity contribution < 1.29 is 4.79 Å². The summed E-state index contributed by atoms with van der Waals surface area (Å²) >= 11 is 6.14. The number of halogens is 1. The number of carbonyl (C=O) groups is 1. The normalized spacial score (nSPS) is 24.1. The first-order chi connectivity index (χ1) is 8.22. The van der Waals surface area contributed by atoms with E-state index in [1.807, 2.05) is 30.3 Å². The summed E-state index contributed by atoms with van der Waals surface area (Å²) in [6.45, 7) is 2.17. The van der Waals surface area contributed by atoms with Crippen LogP contribution in [0.3, 0.4) is 0 Å². The molecule has 3 heteroatoms. The molecule has 0 radical (unpaired) electrons. The maximum absolute atomic E-state index is 11.9. The average molecular weight is 252 g/mol. The zero-order valence-corrected chi connectivity index (χ0v) is 10.8. The van der Waals surface area contributed by atoms with Crippen LogP contribution < -0.4 is 5.32 Å². The lowest BCUT2D eigenvalue weighted by atomic mass is 10.1. The second-order valence-corrected chi connectivity index (χ2v) is 5.11. The minimum atomic E-state index is -0.570. The molecule has 1 fully saturated rings. The van der Waals surface area contributed by atoms with Gasteiger partial charge in [-0.05, 0) is 24.3 Å². The topological polar surface area (TPSA) is 29.1 Å². The van der Waals surface area contributed by atoms with Gasteiger partial charge in [0.25, 0.3) is 0 Å². The summed E-state index contributed by atoms with van der Waals surface area (Å²) in [6.07, 6.45) is 3.49. The van der Waals surface area contributed by atoms with Gasteiger partial charge >= 0.3 is 0 Å². The van der Waals surface area contributed by atoms with Crippen molar-refractivity contribution in [1.82, 2.24) is 5.32 Å². The Hall–Kier alpha value is -1.02. The van der Waals surface area contributed by atoms with E-state index in [9.17, 15) is 4.79 Å². The van der Waals surface area contributed by atoms with E-state index in [1.54, 1.807) is 0 Å². The molecule has 0 heterocycles. The predicted octanol–water partition coefficient (Wildman–Crippen LogP) is 3.27. The molecule has 0 aromatic heterocycles. The Balaban J connectivity index is 1.85. The van der Waals surface area contributed by atoms with Gasteiger partial charge in [0.15, 0.2) is 0 Å². The summed E-state index contributed by atoms with van der Waals surface area (Å²) in [7, 11) is 0. The smallest absolute Gasteiger partial charge is 0.242 e. The van der Waals surface area contributed by atoms with Gasteiger partial charge in [-0.2, -0.15) is 0 Å². The third-order valence-corrected chi connectivity index (χ3v) is 3.68. The Labute approximate surface area is 107 Å². The molecule has 1 aliphatic carbocycles. The van der Waals surface area contributed by atoms with Crippen LogP contribution >= 0.6 is 11.6 Å². The van der Waals surface area contributed by atoms with Crippen molar-refractivity contribution in [3.05, 3.63) is 35.9 Å². The maximum Gasteiger partial charge on any atom is 0.242 e. The van der Waals surface area contributed by atoms with Gasteiger partial charge < -0.3 is 5.32 Å². The van der Waals surface area contributed by atoms with Gasteiger partial charge in [0, 0.05) is 6.04 Å². The second kappa shape index (κ2) is 5.54. The molecule has 17 heavy (non-hydrogen) atoms. The minimum absolute atomic E-state index is 0.0681. The number of hydrogen-bond acceptors (Lipinski definition) is 1. The number of alkyl halides is 1. The Morgan fingerprint density at radius 2 is 2.18 bits per heavy atom. The van der Waals surface area contributed by atoms with Crippen LogP contribution in [0.15, 0.2) is 30.3 Å². The largest absolute Gasteiger partial charge is 0.351 e. The molecule has 1 saturated carbocycles. The van der Waals surface area contributed by atoms with Crippen molar-refractivity contribution in [3.8, 4) is 0 Å². The lowest BCUT2D eigenvalue weighted by Gasteiger charge is -2.10. The molecule has 3 atom stereocenters. The van der Waals surface area contributed by atoms with Gasteiger partial charge in [0.2, 0.25) is 5.91 Å². The summed E-state index contributed by atoms with van der Waals surface area (Å²) in [4.78, 5) is 11.9. The molecular formula is C14H18ClNO. The van der Waals surface area contributed by atoms with E-state index in [-0.39, 0.29) is 5.91 Å². The standard InChI is InChI=1S/C14H18ClNO/c1-2-6-11-9-12(11)16-14(17)13(15)10-7-4-3-5-8-10/h3-5,7-8,11-13H,2,6,9H2,1H3,(H,16,17). The highest BCUT2D eigenvalue weighted by molar-refractivity contribution is 6.30. The highest BCUT2D eigenvalue weighted by Gasteiger charge is 2.38. The molecule has 3 unspecified atom stereocenters. The van der Waals surface area contributed by atoms with E-state index in [1.165, 1.54) is 12.8 Å². The molecule has 0 saturated heterocycles. The summed E-state index contributed by atoms with van der Waals surface area (Å²) in [6, 6.07) is 9.83. The molecule has 0 bridgehead atoms. The summed E-state index contributed by atoms with van der Waals surface area (Å²) in [5, 5.41) is 2.45. The lowest BCUT2D eigenvalue weighted by Crippen LogP contribution is -2.30. The molecule has 0 aliphatic heterocycles. The van der Waals surface area contributed by atoms with Crippen molar-refractivity contribution in [2.45, 2.75) is 37.6 Å². The van der Waals surface area contributed by atoms with E-state index in [4.69, 9.17) is 11.6 Å². The molecule has 1 aromatic rings. The highest BCUT2D eigenvalue weighted by atomic mass is 35.5. The summed E-state index contributed by atoms with van der Waals surface area (Å²) in [5.41, 5.74) is 0.861. The number of benzene rings is 1. The lowest BCUT2D eigenvalue weighted by molar-refractivity contribution is -0.121. The minimum Gasteiger partial charge on any atom is -0.351 e. The highest BCUT2D eigenvalue weighted by Crippen LogP contribution is 2.35. The molecule has 2 rings (SSSR count). The predicted molar refractivity (Wildman–Crippen MR) is 70.0 cm³/mol. The Kier molecular flexibility index (Phi) is 4.06. The number of rotatable bonds is 5. The fraction of sp³-hybridized carbons (Fsp3) is 0.500. The van der Waals surface area contributed by atoms with Crippen molar-refractivity contribution >= 4 is 17.5 Å². The van der Waals surface area contributed by atoms with Crippen molar-refractivity contribution in [2.24, 2.45) is 5.92 Å². The Morgan fingerprint density at radius 1 is 1.47 bits per heavy atom. The molecule has 1 N–H and O–H groups in total. The van der Waals surface area contributed by atoms with Gasteiger partial charge in [0.05, 0.1) is 0 Å². The molecule has 92 valence electrons. The van der Waals surface area contributed by atoms with Crippen LogP contribution in [-0.2, 0) is 4.79 Å². The Morgan fingerprint density at radius 3 is 2.82 bits per heavy atom. The van der Waals surface area contributed by atoms with E-state index in [0.717, 1.165) is 12.0 Å². The van der Waals surface area contributed by atoms with Crippen molar-refractivity contribution in [2.75, 3.05) is 0 Å². The Bertz CT molecular complexity index is 379. The number of amides is 1. The third-order valence-electron chi connectivity index (χ3n) is 3.23. The quantitative estimate of drug-likeness (QED) is 0.800. The zero-order chi connectivity index (χ0) is 12.3. The first-order valence-electron chi connectivity index (χ1n) is 6.21. The van der Waals surface area contributed by atoms with E-state index >= 15 is 0 Å². The summed E-state index contributed by atoms with van der Waals surface area (Å²) < 4.78 is 0. The molecular weight excluding hydrogens is 234 g/mol. The van der Waals surface area contributed by atoms with Crippen molar-refractivity contribution in [1.29, 1.82) is 0 Å². The van der Waals surface area contributed by atoms with Gasteiger partial charge in [-0.15, -0.1) is 11.6 Å². The van der Waals surface area contributed by atoms with Crippen LogP contribution in [0, 0.1) is 5.92 Å². The van der Waals surface area contributed by atoms with Gasteiger partial charge in [-0.1, -0.05) is 43.7 Å². The first kappa shape index (κ1) is 12.4. The molecule has 1 aromatic carbocycles. The molecule has 1 amide bonds. The summed E-state index contributed by atoms with van der Waals surface area (Å²) in [5.74, 6) is 0.602. The number of carbonyl (C=O) groups excluding carboxylic acids is 1. The van der Waals surface area contributed by atoms with Gasteiger partial charge in [-0.3, -0.25) is 4.79 Å².